The fraction of sp³-hybridized carbons (Fsp3) is 0.707. The molecule has 356 valence electrons. The highest BCUT2D eigenvalue weighted by Crippen LogP contribution is 2.16. The molecule has 4 nitrogen and oxygen atoms in total. The monoisotopic (exact) mass is 860 g/mol. The van der Waals surface area contributed by atoms with Crippen LogP contribution < -0.4 is 5.32 Å². The molecule has 0 aliphatic carbocycles. The predicted octanol–water partition coefficient (Wildman–Crippen LogP) is 17.4. The number of nitrogens with one attached hydrogen (secondary N) is 1. The van der Waals surface area contributed by atoms with E-state index < -0.39 is 12.1 Å². The number of hydrogen-bond acceptors (Lipinski definition) is 3. The molecule has 0 bridgehead atoms. The van der Waals surface area contributed by atoms with Crippen molar-refractivity contribution >= 4 is 5.91 Å². The first-order valence-corrected chi connectivity index (χ1v) is 26.4. The molecule has 0 aromatic carbocycles. The average molecular weight is 860 g/mol. The number of carbonyl (C=O) groups excluding carboxylic acids is 1. The molecule has 3 N–H and O–H groups in total. The largest absolute Gasteiger partial charge is 0.394 e. The van der Waals surface area contributed by atoms with E-state index in [4.69, 9.17) is 0 Å². The number of carbonyl (C=O) groups is 1. The summed E-state index contributed by atoms with van der Waals surface area (Å²) in [4.78, 5) is 12.5. The van der Waals surface area contributed by atoms with E-state index in [0.29, 0.717) is 12.8 Å². The molecule has 0 spiro atoms. The van der Waals surface area contributed by atoms with Gasteiger partial charge in [-0.1, -0.05) is 259 Å². The molecule has 1 amide bonds. The highest BCUT2D eigenvalue weighted by Gasteiger charge is 2.20. The van der Waals surface area contributed by atoms with Crippen molar-refractivity contribution in [1.29, 1.82) is 0 Å². The van der Waals surface area contributed by atoms with Gasteiger partial charge < -0.3 is 15.5 Å². The van der Waals surface area contributed by atoms with Crippen LogP contribution in [0.4, 0.5) is 0 Å². The van der Waals surface area contributed by atoms with Crippen LogP contribution in [0, 0.1) is 0 Å². The van der Waals surface area contributed by atoms with Crippen LogP contribution in [0.15, 0.2) is 97.2 Å². The van der Waals surface area contributed by atoms with E-state index in [9.17, 15) is 15.0 Å². The summed E-state index contributed by atoms with van der Waals surface area (Å²) < 4.78 is 0. The van der Waals surface area contributed by atoms with Gasteiger partial charge >= 0.3 is 0 Å². The van der Waals surface area contributed by atoms with Crippen molar-refractivity contribution in [2.45, 2.75) is 257 Å². The zero-order chi connectivity index (χ0) is 44.9. The van der Waals surface area contributed by atoms with Crippen molar-refractivity contribution in [1.82, 2.24) is 5.32 Å². The minimum absolute atomic E-state index is 0.0752. The summed E-state index contributed by atoms with van der Waals surface area (Å²) in [6, 6.07) is -0.568. The smallest absolute Gasteiger partial charge is 0.220 e. The third kappa shape index (κ3) is 48.3. The second-order valence-electron chi connectivity index (χ2n) is 17.6. The van der Waals surface area contributed by atoms with Gasteiger partial charge in [0.2, 0.25) is 5.91 Å². The Labute approximate surface area is 385 Å². The second kappa shape index (κ2) is 52.7. The Bertz CT molecular complexity index is 1160. The molecular formula is C58H101NO3. The predicted molar refractivity (Wildman–Crippen MR) is 276 cm³/mol. The first-order chi connectivity index (χ1) is 30.7. The molecule has 0 fully saturated rings. The number of aliphatic hydroxyl groups is 2. The fourth-order valence-corrected chi connectivity index (χ4v) is 7.61. The van der Waals surface area contributed by atoms with E-state index >= 15 is 0 Å². The van der Waals surface area contributed by atoms with Gasteiger partial charge in [0, 0.05) is 6.42 Å². The molecule has 0 saturated carbocycles. The normalized spacial score (nSPS) is 13.7. The molecule has 0 aliphatic heterocycles. The van der Waals surface area contributed by atoms with E-state index in [-0.39, 0.29) is 12.5 Å². The highest BCUT2D eigenvalue weighted by atomic mass is 16.3. The van der Waals surface area contributed by atoms with Crippen molar-refractivity contribution in [3.8, 4) is 0 Å². The molecule has 4 heteroatoms. The van der Waals surface area contributed by atoms with Crippen molar-refractivity contribution in [3.63, 3.8) is 0 Å². The third-order valence-electron chi connectivity index (χ3n) is 11.6. The van der Waals surface area contributed by atoms with Gasteiger partial charge in [-0.05, 0) is 77.0 Å². The minimum atomic E-state index is -0.686. The van der Waals surface area contributed by atoms with Crippen LogP contribution in [0.2, 0.25) is 0 Å². The van der Waals surface area contributed by atoms with E-state index in [2.05, 4.69) is 116 Å². The number of rotatable bonds is 47. The minimum Gasteiger partial charge on any atom is -0.394 e. The summed E-state index contributed by atoms with van der Waals surface area (Å²) in [6.07, 6.45) is 78.0. The SMILES string of the molecule is CC/C=C\C/C=C\C/C=C\C/C=C\C/C=C\C/C=C\C/C=C\C/C=C\CCCCC(=O)NC(CO)C(O)CCCCCCCCCCCCCCCCCCCCCCCCC. The maximum Gasteiger partial charge on any atom is 0.220 e. The molecule has 0 aromatic heterocycles. The van der Waals surface area contributed by atoms with Gasteiger partial charge in [0.15, 0.2) is 0 Å². The molecule has 0 aromatic rings. The summed E-state index contributed by atoms with van der Waals surface area (Å²) >= 11 is 0. The molecule has 2 atom stereocenters. The summed E-state index contributed by atoms with van der Waals surface area (Å²) in [5, 5.41) is 23.3. The highest BCUT2D eigenvalue weighted by molar-refractivity contribution is 5.76. The molecule has 0 saturated heterocycles. The molecule has 2 unspecified atom stereocenters. The maximum absolute atomic E-state index is 12.5. The lowest BCUT2D eigenvalue weighted by atomic mass is 10.0. The Morgan fingerprint density at radius 2 is 0.710 bits per heavy atom. The Balaban J connectivity index is 3.63. The van der Waals surface area contributed by atoms with Crippen LogP contribution in [0.5, 0.6) is 0 Å². The standard InChI is InChI=1S/C58H101NO3/c1-3-5-7-9-11-13-15-17-19-21-23-25-27-28-29-30-32-34-36-38-40-42-44-46-48-50-52-54-58(62)59-56(55-60)57(61)53-51-49-47-45-43-41-39-37-35-33-31-26-24-22-20-18-16-14-12-10-8-6-4-2/h5,7,11,13,17,19,23,25,28-29,32,34,38,40,44,46,56-57,60-61H,3-4,6,8-10,12,14-16,18,20-22,24,26-27,30-31,33,35-37,39,41-43,45,47-55H2,1-2H3,(H,59,62)/b7-5-,13-11-,19-17-,25-23-,29-28-,34-32-,40-38-,46-44-. The topological polar surface area (TPSA) is 69.6 Å². The summed E-state index contributed by atoms with van der Waals surface area (Å²) in [7, 11) is 0. The third-order valence-corrected chi connectivity index (χ3v) is 11.6. The van der Waals surface area contributed by atoms with Crippen LogP contribution in [0.1, 0.15) is 245 Å². The molecule has 62 heavy (non-hydrogen) atoms. The van der Waals surface area contributed by atoms with Crippen molar-refractivity contribution in [2.75, 3.05) is 6.61 Å². The van der Waals surface area contributed by atoms with Gasteiger partial charge in [-0.25, -0.2) is 0 Å². The summed E-state index contributed by atoms with van der Waals surface area (Å²) in [6.45, 7) is 4.24. The Morgan fingerprint density at radius 3 is 1.03 bits per heavy atom. The van der Waals surface area contributed by atoms with Gasteiger partial charge in [0.25, 0.3) is 0 Å². The van der Waals surface area contributed by atoms with E-state index in [0.717, 1.165) is 83.5 Å². The fourth-order valence-electron chi connectivity index (χ4n) is 7.61. The number of allylic oxidation sites excluding steroid dienone is 16. The van der Waals surface area contributed by atoms with Gasteiger partial charge in [0.1, 0.15) is 0 Å². The first-order valence-electron chi connectivity index (χ1n) is 26.4. The Morgan fingerprint density at radius 1 is 0.403 bits per heavy atom. The van der Waals surface area contributed by atoms with Crippen LogP contribution >= 0.6 is 0 Å². The Hall–Kier alpha value is -2.69. The average Bonchev–Trinajstić information content (AvgIpc) is 3.28. The van der Waals surface area contributed by atoms with Gasteiger partial charge in [0.05, 0.1) is 18.8 Å². The first kappa shape index (κ1) is 59.3. The van der Waals surface area contributed by atoms with Crippen molar-refractivity contribution < 1.29 is 15.0 Å². The maximum atomic E-state index is 12.5. The Kier molecular flexibility index (Phi) is 50.4. The van der Waals surface area contributed by atoms with E-state index in [1.54, 1.807) is 0 Å². The van der Waals surface area contributed by atoms with Crippen LogP contribution in [0.25, 0.3) is 0 Å². The number of unbranched alkanes of at least 4 members (excludes halogenated alkanes) is 24. The quantitative estimate of drug-likeness (QED) is 0.0422. The zero-order valence-electron chi connectivity index (χ0n) is 40.9. The summed E-state index contributed by atoms with van der Waals surface area (Å²) in [5.74, 6) is -0.0752. The van der Waals surface area contributed by atoms with Crippen LogP contribution in [-0.4, -0.2) is 34.9 Å². The summed E-state index contributed by atoms with van der Waals surface area (Å²) in [5.41, 5.74) is 0. The molecule has 0 rings (SSSR count). The van der Waals surface area contributed by atoms with Crippen LogP contribution in [0.3, 0.4) is 0 Å². The molecule has 0 radical (unpaired) electrons. The van der Waals surface area contributed by atoms with E-state index in [1.807, 2.05) is 0 Å². The molecule has 0 aliphatic rings. The molecular weight excluding hydrogens is 759 g/mol. The lowest BCUT2D eigenvalue weighted by Gasteiger charge is -2.22. The van der Waals surface area contributed by atoms with Gasteiger partial charge in [-0.3, -0.25) is 4.79 Å². The lowest BCUT2D eigenvalue weighted by Crippen LogP contribution is -2.45. The van der Waals surface area contributed by atoms with Gasteiger partial charge in [-0.2, -0.15) is 0 Å². The number of amides is 1. The van der Waals surface area contributed by atoms with Crippen molar-refractivity contribution in [3.05, 3.63) is 97.2 Å². The van der Waals surface area contributed by atoms with Crippen molar-refractivity contribution in [2.24, 2.45) is 0 Å². The number of hydrogen-bond donors (Lipinski definition) is 3. The number of aliphatic hydroxyl groups excluding tert-OH is 2. The zero-order valence-corrected chi connectivity index (χ0v) is 40.9. The van der Waals surface area contributed by atoms with E-state index in [1.165, 1.54) is 135 Å². The van der Waals surface area contributed by atoms with Crippen LogP contribution in [-0.2, 0) is 4.79 Å². The lowest BCUT2D eigenvalue weighted by molar-refractivity contribution is -0.123. The second-order valence-corrected chi connectivity index (χ2v) is 17.6. The van der Waals surface area contributed by atoms with Gasteiger partial charge in [-0.15, -0.1) is 0 Å². The molecule has 0 heterocycles.